The highest BCUT2D eigenvalue weighted by molar-refractivity contribution is 7.95. The average molecular weight is 389 g/mol. The summed E-state index contributed by atoms with van der Waals surface area (Å²) in [7, 11) is -3.88. The van der Waals surface area contributed by atoms with Crippen LogP contribution >= 0.6 is 0 Å². The van der Waals surface area contributed by atoms with Crippen molar-refractivity contribution in [3.63, 3.8) is 0 Å². The van der Waals surface area contributed by atoms with Gasteiger partial charge in [0.2, 0.25) is 9.84 Å². The molecule has 0 saturated heterocycles. The van der Waals surface area contributed by atoms with Crippen LogP contribution < -0.4 is 4.74 Å². The van der Waals surface area contributed by atoms with Crippen molar-refractivity contribution in [2.24, 2.45) is 0 Å². The number of rotatable bonds is 6. The van der Waals surface area contributed by atoms with Crippen molar-refractivity contribution < 1.29 is 13.2 Å². The fraction of sp³-hybridized carbons (Fsp3) is 0.0870. The molecule has 3 aromatic rings. The van der Waals surface area contributed by atoms with Crippen molar-refractivity contribution in [3.8, 4) is 11.8 Å². The maximum Gasteiger partial charge on any atom is 0.216 e. The van der Waals surface area contributed by atoms with Crippen molar-refractivity contribution in [2.45, 2.75) is 18.4 Å². The van der Waals surface area contributed by atoms with E-state index in [1.807, 2.05) is 43.3 Å². The van der Waals surface area contributed by atoms with Gasteiger partial charge in [-0.1, -0.05) is 60.2 Å². The van der Waals surface area contributed by atoms with E-state index in [1.54, 1.807) is 36.4 Å². The van der Waals surface area contributed by atoms with Crippen LogP contribution in [0.3, 0.4) is 0 Å². The quantitative estimate of drug-likeness (QED) is 0.562. The molecular weight excluding hydrogens is 370 g/mol. The van der Waals surface area contributed by atoms with Crippen LogP contribution in [0.2, 0.25) is 0 Å². The predicted octanol–water partition coefficient (Wildman–Crippen LogP) is 4.91. The number of nitrogens with zero attached hydrogens (tertiary/aromatic N) is 1. The Labute approximate surface area is 165 Å². The third kappa shape index (κ3) is 4.67. The molecule has 0 saturated carbocycles. The molecule has 28 heavy (non-hydrogen) atoms. The lowest BCUT2D eigenvalue weighted by molar-refractivity contribution is 0.306. The van der Waals surface area contributed by atoms with Crippen molar-refractivity contribution in [1.29, 1.82) is 5.26 Å². The van der Waals surface area contributed by atoms with Gasteiger partial charge in [-0.25, -0.2) is 8.42 Å². The Morgan fingerprint density at radius 3 is 2.39 bits per heavy atom. The van der Waals surface area contributed by atoms with E-state index >= 15 is 0 Å². The Morgan fingerprint density at radius 1 is 1.00 bits per heavy atom. The molecular formula is C23H19NO3S. The fourth-order valence-corrected chi connectivity index (χ4v) is 3.76. The number of ether oxygens (including phenoxy) is 1. The zero-order chi connectivity index (χ0) is 20.0. The highest BCUT2D eigenvalue weighted by Gasteiger charge is 2.20. The van der Waals surface area contributed by atoms with Crippen molar-refractivity contribution in [1.82, 2.24) is 0 Å². The van der Waals surface area contributed by atoms with Gasteiger partial charge in [-0.15, -0.1) is 0 Å². The van der Waals surface area contributed by atoms with Gasteiger partial charge >= 0.3 is 0 Å². The second-order valence-corrected chi connectivity index (χ2v) is 8.20. The standard InChI is InChI=1S/C23H19NO3S/c1-18-10-12-22(13-11-18)28(25,26)23(16-24)15-20-8-5-9-21(14-20)27-17-19-6-3-2-4-7-19/h2-15H,17H2,1H3. The van der Waals surface area contributed by atoms with Gasteiger partial charge in [0.15, 0.2) is 0 Å². The number of hydrogen-bond donors (Lipinski definition) is 0. The third-order valence-corrected chi connectivity index (χ3v) is 5.82. The SMILES string of the molecule is Cc1ccc(S(=O)(=O)C(C#N)=Cc2cccc(OCc3ccccc3)c2)cc1. The van der Waals surface area contributed by atoms with Crippen LogP contribution in [0, 0.1) is 18.3 Å². The minimum Gasteiger partial charge on any atom is -0.489 e. The summed E-state index contributed by atoms with van der Waals surface area (Å²) < 4.78 is 31.3. The van der Waals surface area contributed by atoms with Gasteiger partial charge in [0, 0.05) is 0 Å². The van der Waals surface area contributed by atoms with Crippen molar-refractivity contribution in [3.05, 3.63) is 100 Å². The molecule has 0 fully saturated rings. The summed E-state index contributed by atoms with van der Waals surface area (Å²) in [4.78, 5) is -0.209. The molecule has 4 nitrogen and oxygen atoms in total. The van der Waals surface area contributed by atoms with E-state index in [9.17, 15) is 13.7 Å². The van der Waals surface area contributed by atoms with E-state index in [0.717, 1.165) is 11.1 Å². The first-order chi connectivity index (χ1) is 13.5. The minimum absolute atomic E-state index is 0.0994. The van der Waals surface area contributed by atoms with E-state index in [2.05, 4.69) is 0 Å². The molecule has 3 aromatic carbocycles. The van der Waals surface area contributed by atoms with Crippen LogP contribution in [0.25, 0.3) is 6.08 Å². The van der Waals surface area contributed by atoms with Crippen molar-refractivity contribution >= 4 is 15.9 Å². The van der Waals surface area contributed by atoms with Crippen LogP contribution in [-0.4, -0.2) is 8.42 Å². The minimum atomic E-state index is -3.88. The zero-order valence-electron chi connectivity index (χ0n) is 15.4. The van der Waals surface area contributed by atoms with Gasteiger partial charge in [-0.05, 0) is 48.4 Å². The van der Waals surface area contributed by atoms with E-state index in [0.29, 0.717) is 17.9 Å². The monoisotopic (exact) mass is 389 g/mol. The lowest BCUT2D eigenvalue weighted by atomic mass is 10.2. The van der Waals surface area contributed by atoms with Gasteiger partial charge in [-0.3, -0.25) is 0 Å². The first kappa shape index (κ1) is 19.4. The number of benzene rings is 3. The molecule has 0 bridgehead atoms. The predicted molar refractivity (Wildman–Crippen MR) is 109 cm³/mol. The number of allylic oxidation sites excluding steroid dienone is 1. The van der Waals surface area contributed by atoms with Gasteiger partial charge in [-0.2, -0.15) is 5.26 Å². The Hall–Kier alpha value is -3.36. The zero-order valence-corrected chi connectivity index (χ0v) is 16.2. The molecule has 0 aromatic heterocycles. The molecule has 0 spiro atoms. The molecule has 140 valence electrons. The molecule has 0 amide bonds. The van der Waals surface area contributed by atoms with Gasteiger partial charge in [0.05, 0.1) is 4.90 Å². The first-order valence-corrected chi connectivity index (χ1v) is 10.2. The summed E-state index contributed by atoms with van der Waals surface area (Å²) in [5.74, 6) is 0.600. The van der Waals surface area contributed by atoms with Crippen LogP contribution in [0.1, 0.15) is 16.7 Å². The summed E-state index contributed by atoms with van der Waals surface area (Å²) >= 11 is 0. The first-order valence-electron chi connectivity index (χ1n) is 8.69. The van der Waals surface area contributed by atoms with Crippen LogP contribution in [0.5, 0.6) is 5.75 Å². The third-order valence-electron chi connectivity index (χ3n) is 4.14. The molecule has 0 atom stereocenters. The van der Waals surface area contributed by atoms with E-state index in [1.165, 1.54) is 18.2 Å². The van der Waals surface area contributed by atoms with Crippen LogP contribution in [0.15, 0.2) is 88.7 Å². The highest BCUT2D eigenvalue weighted by atomic mass is 32.2. The topological polar surface area (TPSA) is 67.2 Å². The second-order valence-electron chi connectivity index (χ2n) is 6.28. The van der Waals surface area contributed by atoms with Gasteiger partial charge < -0.3 is 4.74 Å². The highest BCUT2D eigenvalue weighted by Crippen LogP contribution is 2.23. The molecule has 0 radical (unpaired) electrons. The van der Waals surface area contributed by atoms with E-state index < -0.39 is 9.84 Å². The lowest BCUT2D eigenvalue weighted by Gasteiger charge is -2.07. The molecule has 0 aliphatic carbocycles. The van der Waals surface area contributed by atoms with Gasteiger partial charge in [0.25, 0.3) is 0 Å². The molecule has 0 unspecified atom stereocenters. The summed E-state index contributed by atoms with van der Waals surface area (Å²) in [6, 6.07) is 25.0. The summed E-state index contributed by atoms with van der Waals surface area (Å²) in [6.07, 6.45) is 1.37. The van der Waals surface area contributed by atoms with Crippen molar-refractivity contribution in [2.75, 3.05) is 0 Å². The summed E-state index contributed by atoms with van der Waals surface area (Å²) in [6.45, 7) is 2.28. The fourth-order valence-electron chi connectivity index (χ4n) is 2.60. The number of aryl methyl sites for hydroxylation is 1. The van der Waals surface area contributed by atoms with E-state index in [-0.39, 0.29) is 9.80 Å². The molecule has 0 heterocycles. The summed E-state index contributed by atoms with van der Waals surface area (Å²) in [5.41, 5.74) is 2.56. The Morgan fingerprint density at radius 2 is 1.71 bits per heavy atom. The number of sulfone groups is 1. The maximum absolute atomic E-state index is 12.8. The molecule has 0 aliphatic heterocycles. The molecule has 5 heteroatoms. The average Bonchev–Trinajstić information content (AvgIpc) is 2.72. The normalized spacial score (nSPS) is 11.6. The van der Waals surface area contributed by atoms with Crippen LogP contribution in [0.4, 0.5) is 0 Å². The molecule has 0 aliphatic rings. The van der Waals surface area contributed by atoms with Gasteiger partial charge in [0.1, 0.15) is 23.3 Å². The summed E-state index contributed by atoms with van der Waals surface area (Å²) in [5, 5.41) is 9.43. The second kappa shape index (κ2) is 8.55. The smallest absolute Gasteiger partial charge is 0.216 e. The number of nitriles is 1. The lowest BCUT2D eigenvalue weighted by Crippen LogP contribution is -2.03. The Kier molecular flexibility index (Phi) is 5.93. The molecule has 3 rings (SSSR count). The number of hydrogen-bond acceptors (Lipinski definition) is 4. The maximum atomic E-state index is 12.8. The van der Waals surface area contributed by atoms with E-state index in [4.69, 9.17) is 4.74 Å². The largest absolute Gasteiger partial charge is 0.489 e. The Balaban J connectivity index is 1.84. The van der Waals surface area contributed by atoms with Crippen LogP contribution in [-0.2, 0) is 16.4 Å². The Bertz CT molecular complexity index is 1130. The molecule has 0 N–H and O–H groups in total.